The Morgan fingerprint density at radius 3 is 2.59 bits per heavy atom. The number of β-amino-alcohol motifs (C(OH)–C–C–N with tert-alkyl or cyclic N) is 1. The van der Waals surface area contributed by atoms with Gasteiger partial charge in [0.05, 0.1) is 12.6 Å². The summed E-state index contributed by atoms with van der Waals surface area (Å²) in [5, 5.41) is 9.48. The van der Waals surface area contributed by atoms with Gasteiger partial charge in [0.2, 0.25) is 0 Å². The number of aryl methyl sites for hydroxylation is 2. The molecule has 6 heteroatoms. The lowest BCUT2D eigenvalue weighted by atomic mass is 9.81. The van der Waals surface area contributed by atoms with Gasteiger partial charge in [0.25, 0.3) is 5.91 Å². The number of amides is 2. The van der Waals surface area contributed by atoms with Crippen LogP contribution >= 0.6 is 0 Å². The Morgan fingerprint density at radius 1 is 1.30 bits per heavy atom. The Labute approximate surface area is 161 Å². The molecule has 6 nitrogen and oxygen atoms in total. The van der Waals surface area contributed by atoms with Crippen LogP contribution in [0.25, 0.3) is 0 Å². The van der Waals surface area contributed by atoms with Crippen molar-refractivity contribution in [2.75, 3.05) is 26.2 Å². The minimum Gasteiger partial charge on any atom is -0.444 e. The van der Waals surface area contributed by atoms with E-state index in [1.54, 1.807) is 9.80 Å². The molecular weight excluding hydrogens is 344 g/mol. The molecule has 0 bridgehead atoms. The Hall–Kier alpha value is -2.08. The molecule has 0 radical (unpaired) electrons. The summed E-state index contributed by atoms with van der Waals surface area (Å²) in [6.07, 6.45) is 0.550. The van der Waals surface area contributed by atoms with Crippen molar-refractivity contribution in [3.05, 3.63) is 34.4 Å². The van der Waals surface area contributed by atoms with Crippen LogP contribution in [0.5, 0.6) is 0 Å². The van der Waals surface area contributed by atoms with E-state index in [1.165, 1.54) is 5.56 Å². The van der Waals surface area contributed by atoms with E-state index in [4.69, 9.17) is 4.74 Å². The molecule has 2 unspecified atom stereocenters. The van der Waals surface area contributed by atoms with Gasteiger partial charge in [0.15, 0.2) is 0 Å². The highest BCUT2D eigenvalue weighted by Gasteiger charge is 2.47. The van der Waals surface area contributed by atoms with Crippen molar-refractivity contribution in [2.24, 2.45) is 0 Å². The third kappa shape index (κ3) is 3.68. The number of rotatable bonds is 3. The highest BCUT2D eigenvalue weighted by atomic mass is 16.6. The maximum absolute atomic E-state index is 13.2. The van der Waals surface area contributed by atoms with E-state index in [-0.39, 0.29) is 37.1 Å². The van der Waals surface area contributed by atoms with E-state index in [0.29, 0.717) is 13.1 Å². The summed E-state index contributed by atoms with van der Waals surface area (Å²) in [6, 6.07) is 4.05. The van der Waals surface area contributed by atoms with Crippen LogP contribution in [0.15, 0.2) is 12.1 Å². The maximum Gasteiger partial charge on any atom is 0.410 e. The number of likely N-dealkylation sites (tertiary alicyclic amines) is 1. The van der Waals surface area contributed by atoms with E-state index in [9.17, 15) is 14.7 Å². The molecule has 2 heterocycles. The molecule has 2 aliphatic heterocycles. The third-order valence-electron chi connectivity index (χ3n) is 5.39. The van der Waals surface area contributed by atoms with E-state index >= 15 is 0 Å². The molecule has 1 saturated heterocycles. The molecule has 0 spiro atoms. The first-order chi connectivity index (χ1) is 12.7. The molecule has 2 atom stereocenters. The highest BCUT2D eigenvalue weighted by Crippen LogP contribution is 2.40. The second-order valence-electron chi connectivity index (χ2n) is 8.51. The minimum absolute atomic E-state index is 0.0435. The van der Waals surface area contributed by atoms with Crippen molar-refractivity contribution in [2.45, 2.75) is 58.6 Å². The minimum atomic E-state index is -0.560. The number of carbonyl (C=O) groups is 2. The lowest BCUT2D eigenvalue weighted by Crippen LogP contribution is -2.50. The van der Waals surface area contributed by atoms with Gasteiger partial charge >= 0.3 is 6.09 Å². The zero-order chi connectivity index (χ0) is 19.9. The fourth-order valence-corrected chi connectivity index (χ4v) is 4.23. The lowest BCUT2D eigenvalue weighted by molar-refractivity contribution is 0.0273. The predicted molar refractivity (Wildman–Crippen MR) is 103 cm³/mol. The van der Waals surface area contributed by atoms with Gasteiger partial charge in [-0.1, -0.05) is 19.1 Å². The van der Waals surface area contributed by atoms with Crippen molar-refractivity contribution in [3.63, 3.8) is 0 Å². The van der Waals surface area contributed by atoms with Gasteiger partial charge in [-0.15, -0.1) is 0 Å². The van der Waals surface area contributed by atoms with E-state index in [2.05, 4.69) is 19.1 Å². The lowest BCUT2D eigenvalue weighted by Gasteiger charge is -2.38. The Kier molecular flexibility index (Phi) is 5.21. The van der Waals surface area contributed by atoms with Gasteiger partial charge in [-0.25, -0.2) is 4.79 Å². The first-order valence-corrected chi connectivity index (χ1v) is 9.69. The summed E-state index contributed by atoms with van der Waals surface area (Å²) in [7, 11) is 0. The SMILES string of the molecule is CCc1cc(C)c2c(c1)C1CN(C(=O)OC(C)(C)C)CC1N(CCO)C2=O. The van der Waals surface area contributed by atoms with Crippen molar-refractivity contribution < 1.29 is 19.4 Å². The Balaban J connectivity index is 1.99. The van der Waals surface area contributed by atoms with Crippen molar-refractivity contribution in [3.8, 4) is 0 Å². The fraction of sp³-hybridized carbons (Fsp3) is 0.619. The predicted octanol–water partition coefficient (Wildman–Crippen LogP) is 2.71. The van der Waals surface area contributed by atoms with Crippen LogP contribution in [0.2, 0.25) is 0 Å². The van der Waals surface area contributed by atoms with Crippen LogP contribution in [0.3, 0.4) is 0 Å². The fourth-order valence-electron chi connectivity index (χ4n) is 4.23. The van der Waals surface area contributed by atoms with Gasteiger partial charge in [-0.05, 0) is 50.8 Å². The molecule has 1 aromatic rings. The molecule has 148 valence electrons. The van der Waals surface area contributed by atoms with Crippen LogP contribution in [0.1, 0.15) is 60.7 Å². The van der Waals surface area contributed by atoms with Crippen LogP contribution in [0, 0.1) is 6.92 Å². The van der Waals surface area contributed by atoms with Crippen LogP contribution in [0.4, 0.5) is 4.79 Å². The summed E-state index contributed by atoms with van der Waals surface area (Å²) in [4.78, 5) is 29.2. The number of ether oxygens (including phenoxy) is 1. The molecule has 0 aromatic heterocycles. The smallest absolute Gasteiger partial charge is 0.410 e. The van der Waals surface area contributed by atoms with Crippen LogP contribution < -0.4 is 0 Å². The van der Waals surface area contributed by atoms with Gasteiger partial charge in [-0.3, -0.25) is 4.79 Å². The summed E-state index contributed by atoms with van der Waals surface area (Å²) in [5.74, 6) is -0.00606. The average molecular weight is 374 g/mol. The molecule has 27 heavy (non-hydrogen) atoms. The monoisotopic (exact) mass is 374 g/mol. The molecular formula is C21H30N2O4. The van der Waals surface area contributed by atoms with Crippen molar-refractivity contribution in [1.29, 1.82) is 0 Å². The molecule has 0 aliphatic carbocycles. The van der Waals surface area contributed by atoms with Gasteiger partial charge in [0.1, 0.15) is 5.60 Å². The van der Waals surface area contributed by atoms with Gasteiger partial charge in [0, 0.05) is 31.1 Å². The average Bonchev–Trinajstić information content (AvgIpc) is 3.02. The first-order valence-electron chi connectivity index (χ1n) is 9.69. The van der Waals surface area contributed by atoms with Crippen molar-refractivity contribution >= 4 is 12.0 Å². The maximum atomic E-state index is 13.2. The summed E-state index contributed by atoms with van der Waals surface area (Å²) in [6.45, 7) is 10.7. The number of aliphatic hydroxyl groups is 1. The van der Waals surface area contributed by atoms with Gasteiger partial charge in [-0.2, -0.15) is 0 Å². The summed E-state index contributed by atoms with van der Waals surface area (Å²) >= 11 is 0. The molecule has 2 amide bonds. The number of hydrogen-bond donors (Lipinski definition) is 1. The largest absolute Gasteiger partial charge is 0.444 e. The van der Waals surface area contributed by atoms with E-state index in [1.807, 2.05) is 27.7 Å². The molecule has 2 aliphatic rings. The summed E-state index contributed by atoms with van der Waals surface area (Å²) in [5.41, 5.74) is 3.36. The van der Waals surface area contributed by atoms with E-state index < -0.39 is 5.60 Å². The van der Waals surface area contributed by atoms with Crippen LogP contribution in [-0.4, -0.2) is 64.8 Å². The second kappa shape index (κ2) is 7.15. The Morgan fingerprint density at radius 2 is 2.00 bits per heavy atom. The van der Waals surface area contributed by atoms with Crippen molar-refractivity contribution in [1.82, 2.24) is 9.80 Å². The molecule has 1 aromatic carbocycles. The van der Waals surface area contributed by atoms with Gasteiger partial charge < -0.3 is 19.6 Å². The van der Waals surface area contributed by atoms with E-state index in [0.717, 1.165) is 23.1 Å². The topological polar surface area (TPSA) is 70.1 Å². The number of carbonyl (C=O) groups excluding carboxylic acids is 2. The first kappa shape index (κ1) is 19.7. The second-order valence-corrected chi connectivity index (χ2v) is 8.51. The van der Waals surface area contributed by atoms with Crippen LogP contribution in [-0.2, 0) is 11.2 Å². The third-order valence-corrected chi connectivity index (χ3v) is 5.39. The number of aliphatic hydroxyl groups excluding tert-OH is 1. The summed E-state index contributed by atoms with van der Waals surface area (Å²) < 4.78 is 5.54. The number of benzene rings is 1. The molecule has 3 rings (SSSR count). The highest BCUT2D eigenvalue weighted by molar-refractivity contribution is 5.99. The zero-order valence-corrected chi connectivity index (χ0v) is 16.9. The number of hydrogen-bond acceptors (Lipinski definition) is 4. The normalized spacial score (nSPS) is 21.9. The molecule has 1 N–H and O–H groups in total. The Bertz CT molecular complexity index is 753. The molecule has 1 fully saturated rings. The number of fused-ring (bicyclic) bond motifs is 3. The number of nitrogens with zero attached hydrogens (tertiary/aromatic N) is 2. The molecule has 0 saturated carbocycles. The standard InChI is InChI=1S/C21H30N2O4/c1-6-14-9-13(2)18-15(10-14)16-11-22(20(26)27-21(3,4)5)12-17(16)23(7-8-24)19(18)25/h9-10,16-17,24H,6-8,11-12H2,1-5H3. The zero-order valence-electron chi connectivity index (χ0n) is 16.9. The quantitative estimate of drug-likeness (QED) is 0.883.